The molecule has 0 radical (unpaired) electrons. The van der Waals surface area contributed by atoms with Crippen LogP contribution in [-0.2, 0) is 6.42 Å². The highest BCUT2D eigenvalue weighted by molar-refractivity contribution is 5.36. The zero-order valence-electron chi connectivity index (χ0n) is 17.2. The van der Waals surface area contributed by atoms with E-state index in [2.05, 4.69) is 49.6 Å². The molecule has 152 valence electrons. The third-order valence-electron chi connectivity index (χ3n) is 6.89. The molecule has 2 atom stereocenters. The van der Waals surface area contributed by atoms with Crippen molar-refractivity contribution in [3.63, 3.8) is 0 Å². The maximum Gasteiger partial charge on any atom is 0.251 e. The van der Waals surface area contributed by atoms with Gasteiger partial charge in [-0.2, -0.15) is 0 Å². The molecule has 0 aromatic heterocycles. The molecule has 0 N–H and O–H groups in total. The van der Waals surface area contributed by atoms with Gasteiger partial charge in [-0.1, -0.05) is 37.0 Å². The number of allylic oxidation sites excluding steroid dienone is 1. The van der Waals surface area contributed by atoms with E-state index in [1.165, 1.54) is 5.56 Å². The molecule has 2 heteroatoms. The van der Waals surface area contributed by atoms with Crippen LogP contribution in [-0.4, -0.2) is 5.92 Å². The van der Waals surface area contributed by atoms with E-state index in [0.717, 1.165) is 56.9 Å². The Labute approximate surface area is 169 Å². The summed E-state index contributed by atoms with van der Waals surface area (Å²) >= 11 is 0. The third-order valence-corrected chi connectivity index (χ3v) is 6.89. The van der Waals surface area contributed by atoms with Crippen LogP contribution in [0, 0.1) is 35.5 Å². The number of benzene rings is 1. The van der Waals surface area contributed by atoms with Gasteiger partial charge in [0, 0.05) is 23.8 Å². The third kappa shape index (κ3) is 5.47. The van der Waals surface area contributed by atoms with Gasteiger partial charge in [0.2, 0.25) is 0 Å². The quantitative estimate of drug-likeness (QED) is 0.366. The van der Waals surface area contributed by atoms with Gasteiger partial charge < -0.3 is 0 Å². The topological polar surface area (TPSA) is 0 Å². The SMILES string of the molecule is C=CCCC1CCC(C2CCC(C#Cc3ccc(CC)cc3)CC2)C(F)(F)C1. The maximum absolute atomic E-state index is 14.8. The maximum atomic E-state index is 14.8. The van der Waals surface area contributed by atoms with Gasteiger partial charge in [0.25, 0.3) is 5.92 Å². The van der Waals surface area contributed by atoms with Crippen LogP contribution >= 0.6 is 0 Å². The van der Waals surface area contributed by atoms with Crippen molar-refractivity contribution in [1.82, 2.24) is 0 Å². The lowest BCUT2D eigenvalue weighted by Crippen LogP contribution is -2.41. The summed E-state index contributed by atoms with van der Waals surface area (Å²) in [7, 11) is 0. The fourth-order valence-corrected chi connectivity index (χ4v) is 5.12. The Balaban J connectivity index is 1.51. The van der Waals surface area contributed by atoms with Crippen molar-refractivity contribution >= 4 is 0 Å². The molecule has 0 bridgehead atoms. The predicted octanol–water partition coefficient (Wildman–Crippen LogP) is 7.42. The Bertz CT molecular complexity index is 683. The van der Waals surface area contributed by atoms with Crippen LogP contribution < -0.4 is 0 Å². The lowest BCUT2D eigenvalue weighted by Gasteiger charge is -2.42. The standard InChI is InChI=1S/C26H34F2/c1-3-5-6-23-15-18-25(26(27,28)19-23)24-16-13-22(14-17-24)12-11-21-9-7-20(4-2)8-10-21/h3,7-10,22-25H,1,4-6,13-19H2,2H3. The number of halogens is 2. The summed E-state index contributed by atoms with van der Waals surface area (Å²) in [4.78, 5) is 0. The summed E-state index contributed by atoms with van der Waals surface area (Å²) < 4.78 is 29.6. The van der Waals surface area contributed by atoms with Gasteiger partial charge in [-0.15, -0.1) is 6.58 Å². The first-order valence-corrected chi connectivity index (χ1v) is 11.1. The second-order valence-electron chi connectivity index (χ2n) is 8.81. The van der Waals surface area contributed by atoms with Crippen LogP contribution in [0.5, 0.6) is 0 Å². The van der Waals surface area contributed by atoms with Crippen molar-refractivity contribution in [2.75, 3.05) is 0 Å². The van der Waals surface area contributed by atoms with Crippen molar-refractivity contribution in [1.29, 1.82) is 0 Å². The Hall–Kier alpha value is -1.62. The molecule has 2 aliphatic rings. The predicted molar refractivity (Wildman–Crippen MR) is 113 cm³/mol. The van der Waals surface area contributed by atoms with Gasteiger partial charge in [-0.3, -0.25) is 0 Å². The molecule has 0 saturated heterocycles. The largest absolute Gasteiger partial charge is 0.251 e. The van der Waals surface area contributed by atoms with Crippen molar-refractivity contribution in [2.24, 2.45) is 23.7 Å². The van der Waals surface area contributed by atoms with E-state index in [9.17, 15) is 8.78 Å². The minimum Gasteiger partial charge on any atom is -0.207 e. The summed E-state index contributed by atoms with van der Waals surface area (Å²) in [6.45, 7) is 5.87. The van der Waals surface area contributed by atoms with Gasteiger partial charge in [-0.05, 0) is 87.3 Å². The summed E-state index contributed by atoms with van der Waals surface area (Å²) in [5, 5.41) is 0. The highest BCUT2D eigenvalue weighted by atomic mass is 19.3. The Kier molecular flexibility index (Phi) is 7.33. The molecular weight excluding hydrogens is 350 g/mol. The molecule has 0 aliphatic heterocycles. The van der Waals surface area contributed by atoms with Crippen LogP contribution in [0.3, 0.4) is 0 Å². The highest BCUT2D eigenvalue weighted by Gasteiger charge is 2.48. The Morgan fingerprint density at radius 3 is 2.39 bits per heavy atom. The molecule has 0 heterocycles. The molecule has 0 spiro atoms. The van der Waals surface area contributed by atoms with Crippen molar-refractivity contribution < 1.29 is 8.78 Å². The minimum atomic E-state index is -2.49. The van der Waals surface area contributed by atoms with Crippen LogP contribution in [0.4, 0.5) is 8.78 Å². The zero-order chi connectivity index (χ0) is 20.0. The van der Waals surface area contributed by atoms with Gasteiger partial charge in [-0.25, -0.2) is 8.78 Å². The second-order valence-corrected chi connectivity index (χ2v) is 8.81. The fraction of sp³-hybridized carbons (Fsp3) is 0.615. The molecule has 2 unspecified atom stereocenters. The molecular formula is C26H34F2. The first kappa shape index (κ1) is 21.1. The number of alkyl halides is 2. The highest BCUT2D eigenvalue weighted by Crippen LogP contribution is 2.49. The van der Waals surface area contributed by atoms with E-state index < -0.39 is 11.8 Å². The second kappa shape index (κ2) is 9.73. The van der Waals surface area contributed by atoms with Crippen LogP contribution in [0.15, 0.2) is 36.9 Å². The van der Waals surface area contributed by atoms with Gasteiger partial charge in [0.15, 0.2) is 0 Å². The average Bonchev–Trinajstić information content (AvgIpc) is 2.71. The van der Waals surface area contributed by atoms with E-state index in [1.807, 2.05) is 6.08 Å². The molecule has 1 aromatic carbocycles. The van der Waals surface area contributed by atoms with E-state index >= 15 is 0 Å². The first-order chi connectivity index (χ1) is 13.5. The van der Waals surface area contributed by atoms with Gasteiger partial charge in [0.1, 0.15) is 0 Å². The smallest absolute Gasteiger partial charge is 0.207 e. The molecule has 2 aliphatic carbocycles. The summed E-state index contributed by atoms with van der Waals surface area (Å²) in [6.07, 6.45) is 10.1. The van der Waals surface area contributed by atoms with Crippen molar-refractivity contribution in [2.45, 2.75) is 77.1 Å². The molecule has 0 nitrogen and oxygen atoms in total. The Morgan fingerprint density at radius 1 is 1.07 bits per heavy atom. The van der Waals surface area contributed by atoms with E-state index in [-0.39, 0.29) is 18.3 Å². The average molecular weight is 385 g/mol. The van der Waals surface area contributed by atoms with Gasteiger partial charge >= 0.3 is 0 Å². The lowest BCUT2D eigenvalue weighted by atomic mass is 9.67. The van der Waals surface area contributed by atoms with E-state index in [1.54, 1.807) is 0 Å². The number of hydrogen-bond acceptors (Lipinski definition) is 0. The summed E-state index contributed by atoms with van der Waals surface area (Å²) in [6, 6.07) is 8.44. The number of aryl methyl sites for hydroxylation is 1. The van der Waals surface area contributed by atoms with Gasteiger partial charge in [0.05, 0.1) is 0 Å². The summed E-state index contributed by atoms with van der Waals surface area (Å²) in [5.41, 5.74) is 2.38. The van der Waals surface area contributed by atoms with E-state index in [4.69, 9.17) is 0 Å². The van der Waals surface area contributed by atoms with Crippen LogP contribution in [0.1, 0.15) is 75.8 Å². The van der Waals surface area contributed by atoms with Crippen LogP contribution in [0.25, 0.3) is 0 Å². The number of rotatable bonds is 5. The Morgan fingerprint density at radius 2 is 1.79 bits per heavy atom. The molecule has 1 aromatic rings. The van der Waals surface area contributed by atoms with Crippen molar-refractivity contribution in [3.05, 3.63) is 48.0 Å². The molecule has 28 heavy (non-hydrogen) atoms. The fourth-order valence-electron chi connectivity index (χ4n) is 5.12. The monoisotopic (exact) mass is 384 g/mol. The molecule has 0 amide bonds. The molecule has 2 saturated carbocycles. The van der Waals surface area contributed by atoms with Crippen molar-refractivity contribution in [3.8, 4) is 11.8 Å². The molecule has 2 fully saturated rings. The molecule has 3 rings (SSSR count). The summed E-state index contributed by atoms with van der Waals surface area (Å²) in [5.74, 6) is 4.50. The van der Waals surface area contributed by atoms with Crippen LogP contribution in [0.2, 0.25) is 0 Å². The lowest BCUT2D eigenvalue weighted by molar-refractivity contribution is -0.127. The first-order valence-electron chi connectivity index (χ1n) is 11.1. The number of hydrogen-bond donors (Lipinski definition) is 0. The normalized spacial score (nSPS) is 29.5. The van der Waals surface area contributed by atoms with E-state index in [0.29, 0.717) is 12.3 Å². The zero-order valence-corrected chi connectivity index (χ0v) is 17.2. The minimum absolute atomic E-state index is 0.0823.